The number of hydrogen-bond donors (Lipinski definition) is 2. The van der Waals surface area contributed by atoms with E-state index >= 15 is 0 Å². The summed E-state index contributed by atoms with van der Waals surface area (Å²) in [6, 6.07) is 14.3. The van der Waals surface area contributed by atoms with Crippen LogP contribution in [0.5, 0.6) is 17.2 Å². The van der Waals surface area contributed by atoms with E-state index in [9.17, 15) is 9.90 Å². The number of fused-ring (bicyclic) bond motifs is 1. The van der Waals surface area contributed by atoms with Gasteiger partial charge in [-0.3, -0.25) is 4.79 Å². The molecular formula is C19H17NO4. The molecule has 0 saturated heterocycles. The van der Waals surface area contributed by atoms with Gasteiger partial charge in [0.25, 0.3) is 5.91 Å². The Labute approximate surface area is 139 Å². The number of hydrogen-bond acceptors (Lipinski definition) is 4. The van der Waals surface area contributed by atoms with E-state index in [2.05, 4.69) is 0 Å². The largest absolute Gasteiger partial charge is 0.506 e. The van der Waals surface area contributed by atoms with Crippen LogP contribution in [0.3, 0.4) is 0 Å². The number of benzene rings is 3. The lowest BCUT2D eigenvalue weighted by Gasteiger charge is -2.15. The van der Waals surface area contributed by atoms with Crippen LogP contribution in [-0.4, -0.2) is 25.2 Å². The van der Waals surface area contributed by atoms with Crippen LogP contribution in [0.4, 0.5) is 0 Å². The average molecular weight is 323 g/mol. The molecule has 0 aromatic heterocycles. The molecule has 3 N–H and O–H groups in total. The minimum absolute atomic E-state index is 0.0907. The third kappa shape index (κ3) is 2.50. The van der Waals surface area contributed by atoms with Gasteiger partial charge in [-0.25, -0.2) is 0 Å². The highest BCUT2D eigenvalue weighted by Gasteiger charge is 2.20. The number of primary amides is 1. The van der Waals surface area contributed by atoms with E-state index in [4.69, 9.17) is 15.2 Å². The maximum Gasteiger partial charge on any atom is 0.253 e. The fourth-order valence-corrected chi connectivity index (χ4v) is 2.82. The number of carbonyl (C=O) groups is 1. The van der Waals surface area contributed by atoms with Gasteiger partial charge in [0.05, 0.1) is 19.8 Å². The maximum absolute atomic E-state index is 11.9. The summed E-state index contributed by atoms with van der Waals surface area (Å²) in [6.45, 7) is 0. The zero-order chi connectivity index (χ0) is 17.3. The highest BCUT2D eigenvalue weighted by molar-refractivity contribution is 6.11. The minimum atomic E-state index is -0.688. The Morgan fingerprint density at radius 2 is 1.75 bits per heavy atom. The van der Waals surface area contributed by atoms with Crippen molar-refractivity contribution in [2.24, 2.45) is 5.73 Å². The zero-order valence-electron chi connectivity index (χ0n) is 13.4. The van der Waals surface area contributed by atoms with Gasteiger partial charge in [-0.15, -0.1) is 0 Å². The molecule has 5 nitrogen and oxygen atoms in total. The number of aromatic hydroxyl groups is 1. The normalized spacial score (nSPS) is 10.6. The van der Waals surface area contributed by atoms with Crippen molar-refractivity contribution < 1.29 is 19.4 Å². The summed E-state index contributed by atoms with van der Waals surface area (Å²) in [6.07, 6.45) is 0. The van der Waals surface area contributed by atoms with Crippen molar-refractivity contribution in [1.29, 1.82) is 0 Å². The first-order valence-corrected chi connectivity index (χ1v) is 7.33. The molecule has 3 aromatic carbocycles. The van der Waals surface area contributed by atoms with Gasteiger partial charge in [-0.1, -0.05) is 24.3 Å². The van der Waals surface area contributed by atoms with Crippen LogP contribution in [0.25, 0.3) is 21.9 Å². The summed E-state index contributed by atoms with van der Waals surface area (Å²) in [4.78, 5) is 11.9. The van der Waals surface area contributed by atoms with Crippen molar-refractivity contribution >= 4 is 16.7 Å². The molecule has 0 radical (unpaired) electrons. The fraction of sp³-hybridized carbons (Fsp3) is 0.105. The first-order valence-electron chi connectivity index (χ1n) is 7.33. The number of phenols is 1. The van der Waals surface area contributed by atoms with Gasteiger partial charge in [-0.05, 0) is 35.0 Å². The van der Waals surface area contributed by atoms with Crippen LogP contribution in [0.1, 0.15) is 10.4 Å². The Hall–Kier alpha value is -3.21. The van der Waals surface area contributed by atoms with Gasteiger partial charge in [-0.2, -0.15) is 0 Å². The van der Waals surface area contributed by atoms with Crippen molar-refractivity contribution in [3.05, 3.63) is 54.1 Å². The second kappa shape index (κ2) is 6.12. The standard InChI is InChI=1S/C19H17NO4/c1-23-12-7-8-16(24-2)14(10-12)15-9-11-5-3-4-6-13(11)17(18(15)21)19(20)22/h3-10,21H,1-2H3,(H2,20,22). The number of methoxy groups -OCH3 is 2. The lowest BCUT2D eigenvalue weighted by molar-refractivity contribution is 0.0999. The second-order valence-electron chi connectivity index (χ2n) is 5.30. The van der Waals surface area contributed by atoms with Gasteiger partial charge in [0.2, 0.25) is 0 Å². The van der Waals surface area contributed by atoms with E-state index < -0.39 is 5.91 Å². The van der Waals surface area contributed by atoms with E-state index in [0.717, 1.165) is 5.39 Å². The van der Waals surface area contributed by atoms with E-state index in [1.54, 1.807) is 50.6 Å². The highest BCUT2D eigenvalue weighted by atomic mass is 16.5. The van der Waals surface area contributed by atoms with E-state index in [-0.39, 0.29) is 11.3 Å². The average Bonchev–Trinajstić information content (AvgIpc) is 2.60. The highest BCUT2D eigenvalue weighted by Crippen LogP contribution is 2.42. The fourth-order valence-electron chi connectivity index (χ4n) is 2.82. The summed E-state index contributed by atoms with van der Waals surface area (Å²) < 4.78 is 10.6. The van der Waals surface area contributed by atoms with Crippen molar-refractivity contribution in [3.63, 3.8) is 0 Å². The molecule has 3 rings (SSSR count). The third-order valence-corrected chi connectivity index (χ3v) is 3.97. The molecule has 0 aliphatic carbocycles. The number of nitrogens with two attached hydrogens (primary N) is 1. The van der Waals surface area contributed by atoms with Crippen LogP contribution < -0.4 is 15.2 Å². The lowest BCUT2D eigenvalue weighted by atomic mass is 9.94. The van der Waals surface area contributed by atoms with Crippen molar-refractivity contribution in [3.8, 4) is 28.4 Å². The molecule has 0 atom stereocenters. The van der Waals surface area contributed by atoms with Gasteiger partial charge in [0, 0.05) is 11.1 Å². The predicted octanol–water partition coefficient (Wildman–Crippen LogP) is 3.33. The molecule has 0 heterocycles. The summed E-state index contributed by atoms with van der Waals surface area (Å²) in [7, 11) is 3.10. The van der Waals surface area contributed by atoms with Gasteiger partial charge in [0.15, 0.2) is 0 Å². The topological polar surface area (TPSA) is 81.8 Å². The molecule has 0 aliphatic heterocycles. The quantitative estimate of drug-likeness (QED) is 0.771. The molecular weight excluding hydrogens is 306 g/mol. The minimum Gasteiger partial charge on any atom is -0.506 e. The van der Waals surface area contributed by atoms with Gasteiger partial charge >= 0.3 is 0 Å². The second-order valence-corrected chi connectivity index (χ2v) is 5.30. The molecule has 0 saturated carbocycles. The molecule has 0 fully saturated rings. The van der Waals surface area contributed by atoms with Crippen LogP contribution in [0, 0.1) is 0 Å². The SMILES string of the molecule is COc1ccc(OC)c(-c2cc3ccccc3c(C(N)=O)c2O)c1. The Morgan fingerprint density at radius 3 is 2.42 bits per heavy atom. The number of rotatable bonds is 4. The van der Waals surface area contributed by atoms with Gasteiger partial charge < -0.3 is 20.3 Å². The molecule has 5 heteroatoms. The molecule has 24 heavy (non-hydrogen) atoms. The van der Waals surface area contributed by atoms with Crippen LogP contribution >= 0.6 is 0 Å². The zero-order valence-corrected chi connectivity index (χ0v) is 13.4. The Morgan fingerprint density at radius 1 is 1.00 bits per heavy atom. The number of amides is 1. The Balaban J connectivity index is 2.39. The van der Waals surface area contributed by atoms with Crippen LogP contribution in [0.2, 0.25) is 0 Å². The Bertz CT molecular complexity index is 934. The molecule has 0 bridgehead atoms. The maximum atomic E-state index is 11.9. The number of ether oxygens (including phenoxy) is 2. The van der Waals surface area contributed by atoms with Crippen LogP contribution in [0.15, 0.2) is 48.5 Å². The molecule has 122 valence electrons. The summed E-state index contributed by atoms with van der Waals surface area (Å²) >= 11 is 0. The first-order chi connectivity index (χ1) is 11.6. The summed E-state index contributed by atoms with van der Waals surface area (Å²) in [5, 5.41) is 12.1. The van der Waals surface area contributed by atoms with Gasteiger partial charge in [0.1, 0.15) is 17.2 Å². The van der Waals surface area contributed by atoms with Crippen molar-refractivity contribution in [1.82, 2.24) is 0 Å². The molecule has 1 amide bonds. The monoisotopic (exact) mass is 323 g/mol. The molecule has 0 spiro atoms. The third-order valence-electron chi connectivity index (χ3n) is 3.97. The Kier molecular flexibility index (Phi) is 4.00. The van der Waals surface area contributed by atoms with E-state index in [1.165, 1.54) is 0 Å². The lowest BCUT2D eigenvalue weighted by Crippen LogP contribution is -2.12. The van der Waals surface area contributed by atoms with Crippen LogP contribution in [-0.2, 0) is 0 Å². The van der Waals surface area contributed by atoms with Crippen molar-refractivity contribution in [2.75, 3.05) is 14.2 Å². The van der Waals surface area contributed by atoms with E-state index in [1.807, 2.05) is 12.1 Å². The molecule has 0 aliphatic rings. The number of carbonyl (C=O) groups excluding carboxylic acids is 1. The molecule has 0 unspecified atom stereocenters. The predicted molar refractivity (Wildman–Crippen MR) is 92.7 cm³/mol. The summed E-state index contributed by atoms with van der Waals surface area (Å²) in [5.74, 6) is 0.302. The van der Waals surface area contributed by atoms with E-state index in [0.29, 0.717) is 28.0 Å². The van der Waals surface area contributed by atoms with Crippen molar-refractivity contribution in [2.45, 2.75) is 0 Å². The molecule has 3 aromatic rings. The first kappa shape index (κ1) is 15.7. The smallest absolute Gasteiger partial charge is 0.253 e. The summed E-state index contributed by atoms with van der Waals surface area (Å²) in [5.41, 5.74) is 6.66.